The molecular formula is C16H26BrNO4. The number of halogens is 1. The van der Waals surface area contributed by atoms with Crippen molar-refractivity contribution in [1.29, 1.82) is 0 Å². The second-order valence-corrected chi connectivity index (χ2v) is 5.34. The second kappa shape index (κ2) is 11.3. The highest BCUT2D eigenvalue weighted by Gasteiger charge is 2.17. The number of carbonyl (C=O) groups excluding carboxylic acids is 1. The Balaban J connectivity index is 0.00000441. The summed E-state index contributed by atoms with van der Waals surface area (Å²) in [6.45, 7) is 4.29. The molecule has 6 heteroatoms. The molecule has 1 heterocycles. The van der Waals surface area contributed by atoms with Crippen molar-refractivity contribution < 1.29 is 19.4 Å². The van der Waals surface area contributed by atoms with Crippen LogP contribution in [0.3, 0.4) is 0 Å². The van der Waals surface area contributed by atoms with E-state index in [9.17, 15) is 9.59 Å². The van der Waals surface area contributed by atoms with Gasteiger partial charge < -0.3 is 14.7 Å². The van der Waals surface area contributed by atoms with E-state index in [0.717, 1.165) is 24.8 Å². The Morgan fingerprint density at radius 1 is 1.27 bits per heavy atom. The Hall–Kier alpha value is -1.30. The summed E-state index contributed by atoms with van der Waals surface area (Å²) < 4.78 is 5.17. The maximum Gasteiger partial charge on any atom is 0.333 e. The molecule has 0 aliphatic carbocycles. The molecule has 0 bridgehead atoms. The predicted octanol–water partition coefficient (Wildman–Crippen LogP) is 3.66. The summed E-state index contributed by atoms with van der Waals surface area (Å²) in [7, 11) is 0. The minimum atomic E-state index is -0.927. The van der Waals surface area contributed by atoms with Gasteiger partial charge in [-0.15, -0.1) is 17.0 Å². The van der Waals surface area contributed by atoms with Crippen molar-refractivity contribution in [2.45, 2.75) is 52.4 Å². The van der Waals surface area contributed by atoms with Gasteiger partial charge in [-0.2, -0.15) is 0 Å². The largest absolute Gasteiger partial charge is 0.478 e. The number of hydrogen-bond acceptors (Lipinski definition) is 4. The molecule has 0 spiro atoms. The summed E-state index contributed by atoms with van der Waals surface area (Å²) >= 11 is 0. The number of carboxylic acid groups (broad SMARTS) is 1. The van der Waals surface area contributed by atoms with E-state index in [-0.39, 0.29) is 36.2 Å². The van der Waals surface area contributed by atoms with Gasteiger partial charge in [0.05, 0.1) is 12.1 Å². The summed E-state index contributed by atoms with van der Waals surface area (Å²) in [4.78, 5) is 24.3. The van der Waals surface area contributed by atoms with Crippen LogP contribution in [-0.4, -0.2) is 35.2 Å². The molecular weight excluding hydrogens is 350 g/mol. The number of ether oxygens (including phenoxy) is 1. The smallest absolute Gasteiger partial charge is 0.333 e. The summed E-state index contributed by atoms with van der Waals surface area (Å²) in [5.74, 6) is -1.15. The van der Waals surface area contributed by atoms with Gasteiger partial charge in [-0.3, -0.25) is 4.79 Å². The van der Waals surface area contributed by atoms with Crippen molar-refractivity contribution in [2.24, 2.45) is 0 Å². The van der Waals surface area contributed by atoms with Crippen LogP contribution in [0.4, 0.5) is 0 Å². The topological polar surface area (TPSA) is 66.8 Å². The Kier molecular flexibility index (Phi) is 10.6. The standard InChI is InChI=1S/C16H25NO4.BrH/c1-3-4-5-6-7-8-15(18)21-12-17-10-9-13(2)14(11-17)16(19)20;/h9-10H,3-8,11-12H2,1-2H3,(H,19,20);1H. The minimum Gasteiger partial charge on any atom is -0.478 e. The summed E-state index contributed by atoms with van der Waals surface area (Å²) in [5.41, 5.74) is 1.08. The third-order valence-electron chi connectivity index (χ3n) is 3.51. The van der Waals surface area contributed by atoms with E-state index >= 15 is 0 Å². The lowest BCUT2D eigenvalue weighted by molar-refractivity contribution is -0.147. The van der Waals surface area contributed by atoms with E-state index in [0.29, 0.717) is 12.0 Å². The molecule has 0 aromatic carbocycles. The lowest BCUT2D eigenvalue weighted by Crippen LogP contribution is -2.29. The number of nitrogens with zero attached hydrogens (tertiary/aromatic N) is 1. The molecule has 5 nitrogen and oxygen atoms in total. The highest BCUT2D eigenvalue weighted by molar-refractivity contribution is 8.93. The molecule has 0 atom stereocenters. The van der Waals surface area contributed by atoms with Crippen LogP contribution >= 0.6 is 17.0 Å². The van der Waals surface area contributed by atoms with Crippen LogP contribution in [0, 0.1) is 0 Å². The predicted molar refractivity (Wildman–Crippen MR) is 90.8 cm³/mol. The van der Waals surface area contributed by atoms with Gasteiger partial charge in [0, 0.05) is 12.6 Å². The van der Waals surface area contributed by atoms with Crippen LogP contribution in [0.25, 0.3) is 0 Å². The first-order valence-corrected chi connectivity index (χ1v) is 7.55. The first-order valence-electron chi connectivity index (χ1n) is 7.55. The number of rotatable bonds is 9. The van der Waals surface area contributed by atoms with E-state index in [1.807, 2.05) is 0 Å². The summed E-state index contributed by atoms with van der Waals surface area (Å²) in [6.07, 6.45) is 9.38. The molecule has 126 valence electrons. The van der Waals surface area contributed by atoms with E-state index in [2.05, 4.69) is 6.92 Å². The Morgan fingerprint density at radius 3 is 2.59 bits per heavy atom. The Morgan fingerprint density at radius 2 is 1.95 bits per heavy atom. The molecule has 1 rings (SSSR count). The van der Waals surface area contributed by atoms with Crippen LogP contribution in [0.1, 0.15) is 52.4 Å². The van der Waals surface area contributed by atoms with Crippen LogP contribution in [0.5, 0.6) is 0 Å². The Bertz CT molecular complexity index is 432. The van der Waals surface area contributed by atoms with Crippen LogP contribution in [0.2, 0.25) is 0 Å². The van der Waals surface area contributed by atoms with Gasteiger partial charge in [0.2, 0.25) is 0 Å². The normalized spacial score (nSPS) is 13.8. The first kappa shape index (κ1) is 20.7. The van der Waals surface area contributed by atoms with E-state index in [1.54, 1.807) is 24.1 Å². The molecule has 1 N–H and O–H groups in total. The van der Waals surface area contributed by atoms with Crippen molar-refractivity contribution >= 4 is 28.9 Å². The molecule has 0 aromatic heterocycles. The SMILES string of the molecule is Br.CCCCCCCC(=O)OCN1C=CC(C)=C(C(=O)O)C1. The molecule has 0 aromatic rings. The van der Waals surface area contributed by atoms with E-state index in [4.69, 9.17) is 9.84 Å². The number of carboxylic acids is 1. The fourth-order valence-corrected chi connectivity index (χ4v) is 2.12. The summed E-state index contributed by atoms with van der Waals surface area (Å²) in [5, 5.41) is 9.06. The zero-order chi connectivity index (χ0) is 15.7. The highest BCUT2D eigenvalue weighted by Crippen LogP contribution is 2.15. The second-order valence-electron chi connectivity index (χ2n) is 5.34. The third kappa shape index (κ3) is 7.64. The average molecular weight is 376 g/mol. The van der Waals surface area contributed by atoms with Crippen LogP contribution in [-0.2, 0) is 14.3 Å². The number of carbonyl (C=O) groups is 2. The average Bonchev–Trinajstić information content (AvgIpc) is 2.46. The maximum absolute atomic E-state index is 11.6. The molecule has 0 saturated heterocycles. The van der Waals surface area contributed by atoms with Crippen molar-refractivity contribution in [3.8, 4) is 0 Å². The van der Waals surface area contributed by atoms with Gasteiger partial charge in [-0.05, 0) is 25.0 Å². The molecule has 0 saturated carbocycles. The van der Waals surface area contributed by atoms with Gasteiger partial charge in [-0.25, -0.2) is 4.79 Å². The van der Waals surface area contributed by atoms with Crippen molar-refractivity contribution in [3.05, 3.63) is 23.4 Å². The number of esters is 1. The lowest BCUT2D eigenvalue weighted by atomic mass is 10.1. The maximum atomic E-state index is 11.6. The molecule has 0 radical (unpaired) electrons. The monoisotopic (exact) mass is 375 g/mol. The number of aliphatic carboxylic acids is 1. The van der Waals surface area contributed by atoms with Crippen molar-refractivity contribution in [1.82, 2.24) is 4.90 Å². The third-order valence-corrected chi connectivity index (χ3v) is 3.51. The summed E-state index contributed by atoms with van der Waals surface area (Å²) in [6, 6.07) is 0. The molecule has 1 aliphatic heterocycles. The molecule has 0 amide bonds. The fourth-order valence-electron chi connectivity index (χ4n) is 2.12. The lowest BCUT2D eigenvalue weighted by Gasteiger charge is -2.24. The van der Waals surface area contributed by atoms with Crippen molar-refractivity contribution in [3.63, 3.8) is 0 Å². The molecule has 22 heavy (non-hydrogen) atoms. The number of unbranched alkanes of at least 4 members (excludes halogenated alkanes) is 4. The molecule has 0 fully saturated rings. The van der Waals surface area contributed by atoms with Crippen LogP contribution < -0.4 is 0 Å². The zero-order valence-electron chi connectivity index (χ0n) is 13.3. The van der Waals surface area contributed by atoms with Crippen LogP contribution in [0.15, 0.2) is 23.4 Å². The quantitative estimate of drug-likeness (QED) is 0.491. The van der Waals surface area contributed by atoms with Gasteiger partial charge in [0.25, 0.3) is 0 Å². The fraction of sp³-hybridized carbons (Fsp3) is 0.625. The van der Waals surface area contributed by atoms with Gasteiger partial charge in [0.1, 0.15) is 0 Å². The van der Waals surface area contributed by atoms with Gasteiger partial charge in [-0.1, -0.05) is 32.6 Å². The van der Waals surface area contributed by atoms with Gasteiger partial charge in [0.15, 0.2) is 6.73 Å². The molecule has 0 unspecified atom stereocenters. The molecule has 1 aliphatic rings. The van der Waals surface area contributed by atoms with E-state index < -0.39 is 5.97 Å². The minimum absolute atomic E-state index is 0. The first-order chi connectivity index (χ1) is 10.0. The van der Waals surface area contributed by atoms with E-state index in [1.165, 1.54) is 12.8 Å². The number of hydrogen-bond donors (Lipinski definition) is 1. The number of allylic oxidation sites excluding steroid dienone is 2. The van der Waals surface area contributed by atoms with Crippen molar-refractivity contribution in [2.75, 3.05) is 13.3 Å². The zero-order valence-corrected chi connectivity index (χ0v) is 15.1. The highest BCUT2D eigenvalue weighted by atomic mass is 79.9. The Labute approximate surface area is 142 Å². The van der Waals surface area contributed by atoms with Gasteiger partial charge >= 0.3 is 11.9 Å².